The van der Waals surface area contributed by atoms with Gasteiger partial charge < -0.3 is 5.11 Å². The van der Waals surface area contributed by atoms with Crippen LogP contribution in [0.1, 0.15) is 43.2 Å². The summed E-state index contributed by atoms with van der Waals surface area (Å²) >= 11 is 0. The molecule has 0 aliphatic heterocycles. The largest absolute Gasteiger partial charge is 0.477 e. The number of aromatic nitrogens is 1. The molecule has 94 valence electrons. The summed E-state index contributed by atoms with van der Waals surface area (Å²) in [6.45, 7) is 8.19. The lowest BCUT2D eigenvalue weighted by molar-refractivity contribution is 0.0690. The highest BCUT2D eigenvalue weighted by molar-refractivity contribution is 5.85. The summed E-state index contributed by atoms with van der Waals surface area (Å²) in [5.74, 6) is -0.974. The fourth-order valence-electron chi connectivity index (χ4n) is 1.76. The number of nitrogens with zero attached hydrogens (tertiary/aromatic N) is 2. The Kier molecular flexibility index (Phi) is 5.10. The molecule has 17 heavy (non-hydrogen) atoms. The smallest absolute Gasteiger partial charge is 0.354 e. The van der Waals surface area contributed by atoms with Crippen LogP contribution in [0.15, 0.2) is 18.3 Å². The van der Waals surface area contributed by atoms with Crippen LogP contribution in [0, 0.1) is 0 Å². The van der Waals surface area contributed by atoms with E-state index in [9.17, 15) is 4.79 Å². The Morgan fingerprint density at radius 1 is 1.53 bits per heavy atom. The number of aromatic carboxylic acids is 1. The third kappa shape index (κ3) is 3.82. The van der Waals surface area contributed by atoms with E-state index in [1.165, 1.54) is 0 Å². The zero-order chi connectivity index (χ0) is 12.8. The third-order valence-electron chi connectivity index (χ3n) is 3.05. The Labute approximate surface area is 102 Å². The van der Waals surface area contributed by atoms with Gasteiger partial charge in [-0.3, -0.25) is 4.90 Å². The maximum absolute atomic E-state index is 10.8. The molecule has 0 aliphatic carbocycles. The van der Waals surface area contributed by atoms with Crippen molar-refractivity contribution in [3.8, 4) is 0 Å². The maximum Gasteiger partial charge on any atom is 0.354 e. The van der Waals surface area contributed by atoms with Gasteiger partial charge in [-0.1, -0.05) is 13.8 Å². The number of carboxylic acid groups (broad SMARTS) is 1. The number of carbonyl (C=O) groups is 1. The molecule has 0 saturated heterocycles. The number of rotatable bonds is 6. The van der Waals surface area contributed by atoms with Crippen LogP contribution in [0.3, 0.4) is 0 Å². The quantitative estimate of drug-likeness (QED) is 0.824. The second kappa shape index (κ2) is 6.35. The van der Waals surface area contributed by atoms with Crippen LogP contribution in [-0.2, 0) is 6.54 Å². The van der Waals surface area contributed by atoms with Gasteiger partial charge in [0.25, 0.3) is 0 Å². The number of hydrogen-bond acceptors (Lipinski definition) is 3. The Morgan fingerprint density at radius 3 is 2.76 bits per heavy atom. The first-order valence-corrected chi connectivity index (χ1v) is 6.00. The highest BCUT2D eigenvalue weighted by atomic mass is 16.4. The van der Waals surface area contributed by atoms with Gasteiger partial charge >= 0.3 is 5.97 Å². The second-order valence-electron chi connectivity index (χ2n) is 4.17. The molecule has 0 saturated carbocycles. The fourth-order valence-corrected chi connectivity index (χ4v) is 1.76. The molecule has 4 nitrogen and oxygen atoms in total. The van der Waals surface area contributed by atoms with Crippen LogP contribution in [0.5, 0.6) is 0 Å². The highest BCUT2D eigenvalue weighted by Gasteiger charge is 2.12. The van der Waals surface area contributed by atoms with Crippen LogP contribution >= 0.6 is 0 Å². The average molecular weight is 236 g/mol. The Bertz CT molecular complexity index is 379. The van der Waals surface area contributed by atoms with Crippen LogP contribution in [0.4, 0.5) is 0 Å². The lowest BCUT2D eigenvalue weighted by Gasteiger charge is -2.26. The van der Waals surface area contributed by atoms with Gasteiger partial charge in [0.2, 0.25) is 0 Å². The summed E-state index contributed by atoms with van der Waals surface area (Å²) < 4.78 is 0. The van der Waals surface area contributed by atoms with E-state index in [1.54, 1.807) is 12.3 Å². The molecule has 4 heteroatoms. The van der Waals surface area contributed by atoms with Crippen molar-refractivity contribution in [3.05, 3.63) is 29.6 Å². The summed E-state index contributed by atoms with van der Waals surface area (Å²) in [6.07, 6.45) is 2.65. The monoisotopic (exact) mass is 236 g/mol. The molecule has 0 spiro atoms. The van der Waals surface area contributed by atoms with Gasteiger partial charge in [0.1, 0.15) is 5.69 Å². The molecule has 1 aromatic heterocycles. The van der Waals surface area contributed by atoms with Crippen molar-refractivity contribution >= 4 is 5.97 Å². The lowest BCUT2D eigenvalue weighted by atomic mass is 10.1. The zero-order valence-electron chi connectivity index (χ0n) is 10.7. The van der Waals surface area contributed by atoms with Crippen molar-refractivity contribution in [1.82, 2.24) is 9.88 Å². The Morgan fingerprint density at radius 2 is 2.24 bits per heavy atom. The molecular weight excluding hydrogens is 216 g/mol. The topological polar surface area (TPSA) is 53.4 Å². The van der Waals surface area contributed by atoms with E-state index in [1.807, 2.05) is 6.07 Å². The van der Waals surface area contributed by atoms with Crippen LogP contribution < -0.4 is 0 Å². The lowest BCUT2D eigenvalue weighted by Crippen LogP contribution is -2.31. The van der Waals surface area contributed by atoms with E-state index < -0.39 is 5.97 Å². The Hall–Kier alpha value is -1.42. The van der Waals surface area contributed by atoms with Crippen molar-refractivity contribution in [2.75, 3.05) is 6.54 Å². The predicted octanol–water partition coefficient (Wildman–Crippen LogP) is 2.40. The molecule has 0 bridgehead atoms. The normalized spacial score (nSPS) is 12.7. The minimum Gasteiger partial charge on any atom is -0.477 e. The molecule has 1 N–H and O–H groups in total. The number of hydrogen-bond donors (Lipinski definition) is 1. The molecule has 1 aromatic rings. The molecule has 1 rings (SSSR count). The fraction of sp³-hybridized carbons (Fsp3) is 0.538. The van der Waals surface area contributed by atoms with Crippen molar-refractivity contribution in [1.29, 1.82) is 0 Å². The molecule has 0 aliphatic rings. The second-order valence-corrected chi connectivity index (χ2v) is 4.17. The number of pyridine rings is 1. The van der Waals surface area contributed by atoms with Gasteiger partial charge in [0.15, 0.2) is 0 Å². The van der Waals surface area contributed by atoms with E-state index in [4.69, 9.17) is 5.11 Å². The van der Waals surface area contributed by atoms with Gasteiger partial charge in [-0.05, 0) is 37.6 Å². The third-order valence-corrected chi connectivity index (χ3v) is 3.05. The van der Waals surface area contributed by atoms with Gasteiger partial charge in [-0.15, -0.1) is 0 Å². The summed E-state index contributed by atoms with van der Waals surface area (Å²) in [7, 11) is 0. The van der Waals surface area contributed by atoms with Crippen molar-refractivity contribution in [2.45, 2.75) is 39.8 Å². The first kappa shape index (κ1) is 13.6. The minimum atomic E-state index is -0.974. The Balaban J connectivity index is 2.79. The van der Waals surface area contributed by atoms with Crippen molar-refractivity contribution < 1.29 is 9.90 Å². The molecule has 0 radical (unpaired) electrons. The van der Waals surface area contributed by atoms with Crippen LogP contribution in [0.2, 0.25) is 0 Å². The first-order valence-electron chi connectivity index (χ1n) is 6.00. The first-order chi connectivity index (χ1) is 8.08. The molecule has 0 amide bonds. The molecular formula is C13H20N2O2. The summed E-state index contributed by atoms with van der Waals surface area (Å²) in [4.78, 5) is 17.0. The zero-order valence-corrected chi connectivity index (χ0v) is 10.7. The van der Waals surface area contributed by atoms with E-state index in [0.717, 1.165) is 25.1 Å². The van der Waals surface area contributed by atoms with Crippen molar-refractivity contribution in [3.63, 3.8) is 0 Å². The molecule has 1 unspecified atom stereocenters. The summed E-state index contributed by atoms with van der Waals surface area (Å²) in [6, 6.07) is 4.02. The van der Waals surface area contributed by atoms with Crippen molar-refractivity contribution in [2.24, 2.45) is 0 Å². The number of carboxylic acids is 1. The molecule has 1 heterocycles. The van der Waals surface area contributed by atoms with Gasteiger partial charge in [0.05, 0.1) is 0 Å². The molecule has 1 atom stereocenters. The SMILES string of the molecule is CCC(C)N(CC)Cc1ccnc(C(=O)O)c1. The van der Waals surface area contributed by atoms with E-state index in [2.05, 4.69) is 30.7 Å². The molecule has 0 aromatic carbocycles. The standard InChI is InChI=1S/C13H20N2O2/c1-4-10(3)15(5-2)9-11-6-7-14-12(8-11)13(16)17/h6-8,10H,4-5,9H2,1-3H3,(H,16,17). The van der Waals surface area contributed by atoms with E-state index in [-0.39, 0.29) is 5.69 Å². The predicted molar refractivity (Wildman–Crippen MR) is 67.0 cm³/mol. The summed E-state index contributed by atoms with van der Waals surface area (Å²) in [5, 5.41) is 8.88. The highest BCUT2D eigenvalue weighted by Crippen LogP contribution is 2.10. The van der Waals surface area contributed by atoms with E-state index in [0.29, 0.717) is 6.04 Å². The maximum atomic E-state index is 10.8. The van der Waals surface area contributed by atoms with Gasteiger partial charge in [-0.25, -0.2) is 9.78 Å². The molecule has 0 fully saturated rings. The minimum absolute atomic E-state index is 0.114. The van der Waals surface area contributed by atoms with Crippen LogP contribution in [-0.4, -0.2) is 33.5 Å². The van der Waals surface area contributed by atoms with Gasteiger partial charge in [0, 0.05) is 18.8 Å². The van der Waals surface area contributed by atoms with Crippen LogP contribution in [0.25, 0.3) is 0 Å². The van der Waals surface area contributed by atoms with E-state index >= 15 is 0 Å². The van der Waals surface area contributed by atoms with Gasteiger partial charge in [-0.2, -0.15) is 0 Å². The average Bonchev–Trinajstić information content (AvgIpc) is 2.35. The summed E-state index contributed by atoms with van der Waals surface area (Å²) in [5.41, 5.74) is 1.11.